The van der Waals surface area contributed by atoms with Gasteiger partial charge < -0.3 is 15.8 Å². The van der Waals surface area contributed by atoms with Gasteiger partial charge in [0.05, 0.1) is 7.11 Å². The minimum atomic E-state index is -0.217. The Balaban J connectivity index is 0.00000242. The van der Waals surface area contributed by atoms with E-state index in [1.165, 1.54) is 0 Å². The minimum Gasteiger partial charge on any atom is -0.496 e. The maximum atomic E-state index is 12.1. The van der Waals surface area contributed by atoms with Crippen LogP contribution in [0.15, 0.2) is 36.4 Å². The van der Waals surface area contributed by atoms with Gasteiger partial charge in [-0.3, -0.25) is 4.79 Å². The van der Waals surface area contributed by atoms with E-state index in [9.17, 15) is 4.79 Å². The molecule has 22 heavy (non-hydrogen) atoms. The van der Waals surface area contributed by atoms with Gasteiger partial charge in [-0.15, -0.1) is 12.4 Å². The smallest absolute Gasteiger partial charge is 0.224 e. The van der Waals surface area contributed by atoms with Gasteiger partial charge in [-0.2, -0.15) is 0 Å². The third kappa shape index (κ3) is 3.90. The normalized spacial score (nSPS) is 13.1. The van der Waals surface area contributed by atoms with Crippen molar-refractivity contribution in [3.8, 4) is 5.75 Å². The van der Waals surface area contributed by atoms with Crippen molar-refractivity contribution in [3.05, 3.63) is 42.0 Å². The monoisotopic (exact) mass is 322 g/mol. The molecule has 0 aliphatic rings. The number of methoxy groups -OCH3 is 1. The molecule has 0 spiro atoms. The summed E-state index contributed by atoms with van der Waals surface area (Å²) >= 11 is 0. The molecule has 2 unspecified atom stereocenters. The third-order valence-corrected chi connectivity index (χ3v) is 3.86. The van der Waals surface area contributed by atoms with Crippen LogP contribution in [0.5, 0.6) is 5.75 Å². The average molecular weight is 323 g/mol. The summed E-state index contributed by atoms with van der Waals surface area (Å²) in [5.74, 6) is 0.522. The van der Waals surface area contributed by atoms with Gasteiger partial charge in [0.2, 0.25) is 5.91 Å². The second-order valence-electron chi connectivity index (χ2n) is 5.33. The van der Waals surface area contributed by atoms with Crippen LogP contribution in [0, 0.1) is 5.92 Å². The molecule has 0 saturated heterocycles. The molecule has 2 rings (SSSR count). The van der Waals surface area contributed by atoms with Gasteiger partial charge in [0.15, 0.2) is 0 Å². The number of halogens is 1. The van der Waals surface area contributed by atoms with E-state index in [4.69, 9.17) is 10.5 Å². The van der Waals surface area contributed by atoms with Crippen LogP contribution in [0.1, 0.15) is 19.4 Å². The quantitative estimate of drug-likeness (QED) is 0.889. The maximum Gasteiger partial charge on any atom is 0.224 e. The first-order valence-corrected chi connectivity index (χ1v) is 7.12. The molecule has 4 nitrogen and oxygen atoms in total. The maximum absolute atomic E-state index is 12.1. The van der Waals surface area contributed by atoms with Gasteiger partial charge >= 0.3 is 0 Å². The summed E-state index contributed by atoms with van der Waals surface area (Å²) in [4.78, 5) is 12.1. The van der Waals surface area contributed by atoms with E-state index in [1.807, 2.05) is 50.2 Å². The van der Waals surface area contributed by atoms with Crippen LogP contribution < -0.4 is 15.8 Å². The number of hydrogen-bond acceptors (Lipinski definition) is 3. The molecule has 0 bridgehead atoms. The molecule has 0 aliphatic heterocycles. The predicted octanol–water partition coefficient (Wildman–Crippen LogP) is 2.87. The minimum absolute atomic E-state index is 0. The number of benzene rings is 2. The Hall–Kier alpha value is -1.78. The van der Waals surface area contributed by atoms with Crippen LogP contribution in [0.2, 0.25) is 0 Å². The fourth-order valence-corrected chi connectivity index (χ4v) is 2.26. The first kappa shape index (κ1) is 18.3. The zero-order valence-electron chi connectivity index (χ0n) is 13.1. The highest BCUT2D eigenvalue weighted by molar-refractivity contribution is 5.88. The highest BCUT2D eigenvalue weighted by Gasteiger charge is 2.17. The van der Waals surface area contributed by atoms with Crippen molar-refractivity contribution >= 4 is 29.1 Å². The van der Waals surface area contributed by atoms with Gasteiger partial charge in [0, 0.05) is 24.1 Å². The van der Waals surface area contributed by atoms with Crippen molar-refractivity contribution in [1.82, 2.24) is 5.32 Å². The van der Waals surface area contributed by atoms with E-state index < -0.39 is 0 Å². The lowest BCUT2D eigenvalue weighted by atomic mass is 10.0. The Morgan fingerprint density at radius 1 is 1.23 bits per heavy atom. The predicted molar refractivity (Wildman–Crippen MR) is 92.4 cm³/mol. The lowest BCUT2D eigenvalue weighted by molar-refractivity contribution is -0.125. The van der Waals surface area contributed by atoms with E-state index in [2.05, 4.69) is 5.32 Å². The number of ether oxygens (including phenoxy) is 1. The molecule has 0 heterocycles. The fraction of sp³-hybridized carbons (Fsp3) is 0.353. The van der Waals surface area contributed by atoms with E-state index in [0.717, 1.165) is 22.1 Å². The van der Waals surface area contributed by atoms with Crippen molar-refractivity contribution in [3.63, 3.8) is 0 Å². The van der Waals surface area contributed by atoms with Gasteiger partial charge in [-0.05, 0) is 23.8 Å². The second-order valence-corrected chi connectivity index (χ2v) is 5.33. The molecule has 0 aromatic heterocycles. The van der Waals surface area contributed by atoms with Gasteiger partial charge in [-0.1, -0.05) is 37.3 Å². The lowest BCUT2D eigenvalue weighted by Gasteiger charge is -2.17. The topological polar surface area (TPSA) is 64.3 Å². The summed E-state index contributed by atoms with van der Waals surface area (Å²) in [6.07, 6.45) is 0. The van der Waals surface area contributed by atoms with Crippen LogP contribution >= 0.6 is 12.4 Å². The zero-order chi connectivity index (χ0) is 15.4. The number of fused-ring (bicyclic) bond motifs is 1. The SMILES string of the molecule is COc1ccc2ccccc2c1CNC(=O)C(C)C(C)N.Cl. The largest absolute Gasteiger partial charge is 0.496 e. The van der Waals surface area contributed by atoms with Crippen LogP contribution in [0.3, 0.4) is 0 Å². The number of nitrogens with one attached hydrogen (secondary N) is 1. The zero-order valence-corrected chi connectivity index (χ0v) is 13.9. The standard InChI is InChI=1S/C17H22N2O2.ClH/c1-11(12(2)18)17(20)19-10-15-14-7-5-4-6-13(14)8-9-16(15)21-3;/h4-9,11-12H,10,18H2,1-3H3,(H,19,20);1H. The summed E-state index contributed by atoms with van der Waals surface area (Å²) in [5.41, 5.74) is 6.75. The van der Waals surface area contributed by atoms with E-state index in [1.54, 1.807) is 7.11 Å². The number of amides is 1. The lowest BCUT2D eigenvalue weighted by Crippen LogP contribution is -2.38. The van der Waals surface area contributed by atoms with Crippen LogP contribution in [0.4, 0.5) is 0 Å². The Morgan fingerprint density at radius 3 is 2.55 bits per heavy atom. The molecule has 1 amide bonds. The summed E-state index contributed by atoms with van der Waals surface area (Å²) in [6, 6.07) is 11.8. The van der Waals surface area contributed by atoms with E-state index in [-0.39, 0.29) is 30.3 Å². The Morgan fingerprint density at radius 2 is 1.91 bits per heavy atom. The molecule has 120 valence electrons. The first-order valence-electron chi connectivity index (χ1n) is 7.12. The Bertz CT molecular complexity index is 644. The molecule has 2 atom stereocenters. The number of carbonyl (C=O) groups excluding carboxylic acids is 1. The fourth-order valence-electron chi connectivity index (χ4n) is 2.26. The molecular weight excluding hydrogens is 300 g/mol. The van der Waals surface area contributed by atoms with Crippen molar-refractivity contribution in [1.29, 1.82) is 0 Å². The van der Waals surface area contributed by atoms with E-state index in [0.29, 0.717) is 6.54 Å². The molecule has 0 fully saturated rings. The Labute approximate surface area is 137 Å². The third-order valence-electron chi connectivity index (χ3n) is 3.86. The molecule has 2 aromatic rings. The second kappa shape index (κ2) is 8.01. The molecular formula is C17H23ClN2O2. The van der Waals surface area contributed by atoms with Crippen molar-refractivity contribution in [2.24, 2.45) is 11.7 Å². The van der Waals surface area contributed by atoms with Gasteiger partial charge in [0.25, 0.3) is 0 Å². The summed E-state index contributed by atoms with van der Waals surface area (Å²) in [6.45, 7) is 4.10. The Kier molecular flexibility index (Phi) is 6.65. The first-order chi connectivity index (χ1) is 10.0. The number of nitrogens with two attached hydrogens (primary N) is 1. The van der Waals surface area contributed by atoms with Crippen molar-refractivity contribution in [2.45, 2.75) is 26.4 Å². The van der Waals surface area contributed by atoms with Crippen LogP contribution in [-0.2, 0) is 11.3 Å². The molecule has 0 radical (unpaired) electrons. The van der Waals surface area contributed by atoms with Crippen molar-refractivity contribution < 1.29 is 9.53 Å². The number of hydrogen-bond donors (Lipinski definition) is 2. The van der Waals surface area contributed by atoms with Crippen LogP contribution in [-0.4, -0.2) is 19.1 Å². The molecule has 0 saturated carbocycles. The number of carbonyl (C=O) groups is 1. The van der Waals surface area contributed by atoms with Gasteiger partial charge in [0.1, 0.15) is 5.75 Å². The summed E-state index contributed by atoms with van der Waals surface area (Å²) in [5, 5.41) is 5.16. The number of rotatable bonds is 5. The summed E-state index contributed by atoms with van der Waals surface area (Å²) < 4.78 is 5.42. The molecule has 3 N–H and O–H groups in total. The summed E-state index contributed by atoms with van der Waals surface area (Å²) in [7, 11) is 1.64. The highest BCUT2D eigenvalue weighted by Crippen LogP contribution is 2.27. The van der Waals surface area contributed by atoms with Crippen LogP contribution in [0.25, 0.3) is 10.8 Å². The average Bonchev–Trinajstić information content (AvgIpc) is 2.51. The highest BCUT2D eigenvalue weighted by atomic mass is 35.5. The van der Waals surface area contributed by atoms with E-state index >= 15 is 0 Å². The molecule has 2 aromatic carbocycles. The molecule has 5 heteroatoms. The van der Waals surface area contributed by atoms with Gasteiger partial charge in [-0.25, -0.2) is 0 Å². The van der Waals surface area contributed by atoms with Crippen molar-refractivity contribution in [2.75, 3.05) is 7.11 Å². The molecule has 0 aliphatic carbocycles.